The second-order valence-corrected chi connectivity index (χ2v) is 7.79. The molecule has 0 aliphatic rings. The van der Waals surface area contributed by atoms with Gasteiger partial charge >= 0.3 is 0 Å². The number of carbonyl (C=O) groups is 1. The normalized spacial score (nSPS) is 13.8. The van der Waals surface area contributed by atoms with Crippen LogP contribution >= 0.6 is 38.9 Å². The number of nitrogens with two attached hydrogens (primary N) is 1. The monoisotopic (exact) mass is 386 g/mol. The number of likely N-dealkylation sites (N-methyl/N-ethyl adjacent to an activating group) is 1. The number of rotatable bonds is 4. The fraction of sp³-hybridized carbons (Fsp3) is 0.267. The largest absolute Gasteiger partial charge is 0.339 e. The third kappa shape index (κ3) is 3.86. The standard InChI is InChI=1S/C15H16BrClN2OS/c1-15(18,10-3-5-11(16)6-4-10)14(20)19(2)9-12-7-8-13(17)21-12/h3-8H,9,18H2,1-2H3. The van der Waals surface area contributed by atoms with Crippen molar-refractivity contribution in [3.63, 3.8) is 0 Å². The molecule has 0 saturated heterocycles. The van der Waals surface area contributed by atoms with Crippen molar-refractivity contribution in [1.29, 1.82) is 0 Å². The second-order valence-electron chi connectivity index (χ2n) is 5.08. The van der Waals surface area contributed by atoms with Crippen LogP contribution in [0.15, 0.2) is 40.9 Å². The molecule has 1 aromatic heterocycles. The lowest BCUT2D eigenvalue weighted by molar-refractivity contribution is -0.135. The van der Waals surface area contributed by atoms with Crippen molar-refractivity contribution in [2.45, 2.75) is 19.0 Å². The highest BCUT2D eigenvalue weighted by molar-refractivity contribution is 9.10. The lowest BCUT2D eigenvalue weighted by Gasteiger charge is -2.29. The summed E-state index contributed by atoms with van der Waals surface area (Å²) in [5, 5.41) is 0. The van der Waals surface area contributed by atoms with Crippen molar-refractivity contribution in [3.8, 4) is 0 Å². The molecular formula is C15H16BrClN2OS. The number of amides is 1. The number of hydrogen-bond acceptors (Lipinski definition) is 3. The molecule has 2 rings (SSSR count). The summed E-state index contributed by atoms with van der Waals surface area (Å²) in [5.74, 6) is -0.130. The van der Waals surface area contributed by atoms with Crippen LogP contribution in [0.1, 0.15) is 17.4 Å². The van der Waals surface area contributed by atoms with E-state index in [0.717, 1.165) is 14.9 Å². The lowest BCUT2D eigenvalue weighted by Crippen LogP contribution is -2.49. The molecule has 1 amide bonds. The molecule has 1 unspecified atom stereocenters. The van der Waals surface area contributed by atoms with E-state index in [2.05, 4.69) is 15.9 Å². The first-order valence-corrected chi connectivity index (χ1v) is 8.34. The molecule has 0 aliphatic carbocycles. The van der Waals surface area contributed by atoms with Crippen LogP contribution in [0.5, 0.6) is 0 Å². The van der Waals surface area contributed by atoms with Gasteiger partial charge in [-0.3, -0.25) is 4.79 Å². The first-order valence-electron chi connectivity index (χ1n) is 6.35. The van der Waals surface area contributed by atoms with Crippen molar-refractivity contribution in [3.05, 3.63) is 55.6 Å². The molecule has 2 aromatic rings. The van der Waals surface area contributed by atoms with Crippen LogP contribution in [0.2, 0.25) is 4.34 Å². The fourth-order valence-corrected chi connectivity index (χ4v) is 3.46. The summed E-state index contributed by atoms with van der Waals surface area (Å²) in [7, 11) is 1.75. The number of nitrogens with zero attached hydrogens (tertiary/aromatic N) is 1. The summed E-state index contributed by atoms with van der Waals surface area (Å²) in [4.78, 5) is 15.3. The highest BCUT2D eigenvalue weighted by Crippen LogP contribution is 2.25. The predicted molar refractivity (Wildman–Crippen MR) is 91.5 cm³/mol. The average molecular weight is 388 g/mol. The van der Waals surface area contributed by atoms with Crippen molar-refractivity contribution < 1.29 is 4.79 Å². The van der Waals surface area contributed by atoms with Crippen molar-refractivity contribution in [1.82, 2.24) is 4.90 Å². The molecule has 0 aliphatic heterocycles. The second kappa shape index (κ2) is 6.48. The van der Waals surface area contributed by atoms with Gasteiger partial charge in [-0.1, -0.05) is 39.7 Å². The highest BCUT2D eigenvalue weighted by atomic mass is 79.9. The summed E-state index contributed by atoms with van der Waals surface area (Å²) >= 11 is 10.8. The van der Waals surface area contributed by atoms with Gasteiger partial charge in [0.1, 0.15) is 5.54 Å². The first kappa shape index (κ1) is 16.5. The molecule has 21 heavy (non-hydrogen) atoms. The molecule has 1 atom stereocenters. The zero-order valence-corrected chi connectivity index (χ0v) is 14.9. The van der Waals surface area contributed by atoms with E-state index in [9.17, 15) is 4.79 Å². The molecule has 2 N–H and O–H groups in total. The van der Waals surface area contributed by atoms with E-state index in [1.54, 1.807) is 18.9 Å². The zero-order valence-electron chi connectivity index (χ0n) is 11.8. The van der Waals surface area contributed by atoms with Gasteiger partial charge in [-0.05, 0) is 36.8 Å². The van der Waals surface area contributed by atoms with Crippen LogP contribution in [0.3, 0.4) is 0 Å². The van der Waals surface area contributed by atoms with E-state index >= 15 is 0 Å². The van der Waals surface area contributed by atoms with Gasteiger partial charge in [-0.15, -0.1) is 11.3 Å². The third-order valence-corrected chi connectivity index (χ3v) is 5.00. The lowest BCUT2D eigenvalue weighted by atomic mass is 9.92. The van der Waals surface area contributed by atoms with Crippen molar-refractivity contribution in [2.75, 3.05) is 7.05 Å². The van der Waals surface area contributed by atoms with E-state index in [0.29, 0.717) is 10.9 Å². The Hall–Kier alpha value is -0.880. The summed E-state index contributed by atoms with van der Waals surface area (Å²) < 4.78 is 1.67. The third-order valence-electron chi connectivity index (χ3n) is 3.26. The maximum Gasteiger partial charge on any atom is 0.247 e. The van der Waals surface area contributed by atoms with Gasteiger partial charge < -0.3 is 10.6 Å². The maximum absolute atomic E-state index is 12.6. The van der Waals surface area contributed by atoms with E-state index in [4.69, 9.17) is 17.3 Å². The van der Waals surface area contributed by atoms with Gasteiger partial charge in [-0.25, -0.2) is 0 Å². The fourth-order valence-electron chi connectivity index (χ4n) is 2.06. The van der Waals surface area contributed by atoms with E-state index in [1.807, 2.05) is 36.4 Å². The Morgan fingerprint density at radius 1 is 1.33 bits per heavy atom. The number of carbonyl (C=O) groups excluding carboxylic acids is 1. The molecule has 0 bridgehead atoms. The van der Waals surface area contributed by atoms with E-state index in [-0.39, 0.29) is 5.91 Å². The quantitative estimate of drug-likeness (QED) is 0.862. The van der Waals surface area contributed by atoms with Crippen molar-refractivity contribution in [2.24, 2.45) is 5.73 Å². The van der Waals surface area contributed by atoms with Crippen LogP contribution in [0, 0.1) is 0 Å². The zero-order chi connectivity index (χ0) is 15.6. The number of halogens is 2. The first-order chi connectivity index (χ1) is 9.80. The Morgan fingerprint density at radius 3 is 2.48 bits per heavy atom. The minimum atomic E-state index is -1.06. The summed E-state index contributed by atoms with van der Waals surface area (Å²) in [6, 6.07) is 11.2. The van der Waals surface area contributed by atoms with Crippen LogP contribution in [-0.4, -0.2) is 17.9 Å². The smallest absolute Gasteiger partial charge is 0.247 e. The summed E-state index contributed by atoms with van der Waals surface area (Å²) in [6.07, 6.45) is 0. The van der Waals surface area contributed by atoms with Crippen molar-refractivity contribution >= 4 is 44.8 Å². The van der Waals surface area contributed by atoms with Crippen LogP contribution < -0.4 is 5.73 Å². The van der Waals surface area contributed by atoms with E-state index < -0.39 is 5.54 Å². The Labute approximate surface area is 141 Å². The Morgan fingerprint density at radius 2 is 1.95 bits per heavy atom. The number of thiophene rings is 1. The number of benzene rings is 1. The maximum atomic E-state index is 12.6. The summed E-state index contributed by atoms with van der Waals surface area (Å²) in [5.41, 5.74) is 5.99. The molecule has 0 spiro atoms. The molecule has 1 heterocycles. The Balaban J connectivity index is 2.15. The molecule has 0 radical (unpaired) electrons. The van der Waals surface area contributed by atoms with Gasteiger partial charge in [0.05, 0.1) is 10.9 Å². The minimum Gasteiger partial charge on any atom is -0.339 e. The molecule has 0 saturated carbocycles. The molecule has 112 valence electrons. The summed E-state index contributed by atoms with van der Waals surface area (Å²) in [6.45, 7) is 2.23. The minimum absolute atomic E-state index is 0.130. The highest BCUT2D eigenvalue weighted by Gasteiger charge is 2.33. The predicted octanol–water partition coefficient (Wildman–Crippen LogP) is 4.00. The molecular weight excluding hydrogens is 372 g/mol. The Bertz CT molecular complexity index is 639. The van der Waals surface area contributed by atoms with Gasteiger partial charge in [-0.2, -0.15) is 0 Å². The van der Waals surface area contributed by atoms with Gasteiger partial charge in [0.15, 0.2) is 0 Å². The van der Waals surface area contributed by atoms with Gasteiger partial charge in [0.2, 0.25) is 5.91 Å². The average Bonchev–Trinajstić information content (AvgIpc) is 2.83. The topological polar surface area (TPSA) is 46.3 Å². The van der Waals surface area contributed by atoms with Crippen LogP contribution in [-0.2, 0) is 16.9 Å². The molecule has 6 heteroatoms. The molecule has 3 nitrogen and oxygen atoms in total. The van der Waals surface area contributed by atoms with Gasteiger partial charge in [0.25, 0.3) is 0 Å². The number of hydrogen-bond donors (Lipinski definition) is 1. The van der Waals surface area contributed by atoms with Crippen LogP contribution in [0.4, 0.5) is 0 Å². The SMILES string of the molecule is CN(Cc1ccc(Cl)s1)C(=O)C(C)(N)c1ccc(Br)cc1. The molecule has 1 aromatic carbocycles. The van der Waals surface area contributed by atoms with Gasteiger partial charge in [0, 0.05) is 16.4 Å². The van der Waals surface area contributed by atoms with Crippen LogP contribution in [0.25, 0.3) is 0 Å². The van der Waals surface area contributed by atoms with E-state index in [1.165, 1.54) is 11.3 Å². The Kier molecular flexibility index (Phi) is 5.09. The molecule has 0 fully saturated rings.